The lowest BCUT2D eigenvalue weighted by Crippen LogP contribution is -2.27. The normalized spacial score (nSPS) is 12.0. The molecular formula is C19H21N5O. The van der Waals surface area contributed by atoms with E-state index in [1.165, 1.54) is 17.5 Å². The molecule has 1 unspecified atom stereocenters. The lowest BCUT2D eigenvalue weighted by atomic mass is 9.99. The predicted octanol–water partition coefficient (Wildman–Crippen LogP) is 3.08. The monoisotopic (exact) mass is 335 g/mol. The van der Waals surface area contributed by atoms with Crippen LogP contribution in [0.4, 0.5) is 0 Å². The number of nitrogens with zero attached hydrogens (tertiary/aromatic N) is 4. The van der Waals surface area contributed by atoms with Crippen molar-refractivity contribution >= 4 is 5.91 Å². The molecule has 0 aliphatic carbocycles. The summed E-state index contributed by atoms with van der Waals surface area (Å²) < 4.78 is 1.58. The van der Waals surface area contributed by atoms with Crippen LogP contribution in [0.5, 0.6) is 0 Å². The van der Waals surface area contributed by atoms with E-state index in [-0.39, 0.29) is 11.9 Å². The van der Waals surface area contributed by atoms with Crippen LogP contribution in [0.25, 0.3) is 5.69 Å². The minimum atomic E-state index is -0.0974. The number of carbonyl (C=O) groups is 1. The lowest BCUT2D eigenvalue weighted by Gasteiger charge is -2.18. The molecule has 0 aliphatic heterocycles. The van der Waals surface area contributed by atoms with Gasteiger partial charge in [-0.15, -0.1) is 5.10 Å². The van der Waals surface area contributed by atoms with Crippen LogP contribution in [0.2, 0.25) is 0 Å². The molecule has 0 fully saturated rings. The van der Waals surface area contributed by atoms with E-state index in [1.54, 1.807) is 10.7 Å². The Morgan fingerprint density at radius 1 is 1.08 bits per heavy atom. The Labute approximate surface area is 146 Å². The molecule has 1 atom stereocenters. The molecule has 0 aliphatic rings. The summed E-state index contributed by atoms with van der Waals surface area (Å²) in [6.07, 6.45) is 1.53. The van der Waals surface area contributed by atoms with Gasteiger partial charge in [-0.2, -0.15) is 0 Å². The number of aryl methyl sites for hydroxylation is 3. The molecule has 2 aromatic carbocycles. The summed E-state index contributed by atoms with van der Waals surface area (Å²) in [5.41, 5.74) is 5.89. The molecule has 0 saturated carbocycles. The maximum absolute atomic E-state index is 12.6. The average Bonchev–Trinajstić information content (AvgIpc) is 3.11. The minimum absolute atomic E-state index is 0.0631. The molecule has 6 heteroatoms. The Balaban J connectivity index is 1.79. The van der Waals surface area contributed by atoms with E-state index in [0.29, 0.717) is 5.56 Å². The average molecular weight is 335 g/mol. The van der Waals surface area contributed by atoms with Crippen molar-refractivity contribution in [1.29, 1.82) is 0 Å². The van der Waals surface area contributed by atoms with Crippen molar-refractivity contribution in [2.45, 2.75) is 33.7 Å². The zero-order valence-electron chi connectivity index (χ0n) is 14.8. The van der Waals surface area contributed by atoms with Crippen molar-refractivity contribution in [2.75, 3.05) is 0 Å². The number of hydrogen-bond donors (Lipinski definition) is 1. The summed E-state index contributed by atoms with van der Waals surface area (Å²) in [4.78, 5) is 12.6. The van der Waals surface area contributed by atoms with Gasteiger partial charge in [0.2, 0.25) is 0 Å². The second-order valence-corrected chi connectivity index (χ2v) is 6.31. The molecule has 1 amide bonds. The largest absolute Gasteiger partial charge is 0.346 e. The van der Waals surface area contributed by atoms with Gasteiger partial charge in [0.05, 0.1) is 11.7 Å². The van der Waals surface area contributed by atoms with Gasteiger partial charge in [-0.05, 0) is 73.0 Å². The minimum Gasteiger partial charge on any atom is -0.346 e. The summed E-state index contributed by atoms with van der Waals surface area (Å²) in [5, 5.41) is 14.2. The van der Waals surface area contributed by atoms with Crippen LogP contribution in [0.1, 0.15) is 45.6 Å². The summed E-state index contributed by atoms with van der Waals surface area (Å²) >= 11 is 0. The van der Waals surface area contributed by atoms with Crippen LogP contribution in [0.3, 0.4) is 0 Å². The molecular weight excluding hydrogens is 314 g/mol. The standard InChI is InChI=1S/C19H21N5O/c1-12-5-6-13(2)17(9-12)15(4)21-19(25)16-7-8-18(14(3)10-16)24-11-20-22-23-24/h5-11,15H,1-4H3,(H,21,25). The Kier molecular flexibility index (Phi) is 4.61. The zero-order valence-corrected chi connectivity index (χ0v) is 14.8. The number of rotatable bonds is 4. The highest BCUT2D eigenvalue weighted by Crippen LogP contribution is 2.20. The molecule has 3 rings (SSSR count). The van der Waals surface area contributed by atoms with Gasteiger partial charge < -0.3 is 5.32 Å². The number of amides is 1. The fourth-order valence-electron chi connectivity index (χ4n) is 2.91. The van der Waals surface area contributed by atoms with Crippen LogP contribution in [0.15, 0.2) is 42.7 Å². The van der Waals surface area contributed by atoms with Crippen LogP contribution in [0, 0.1) is 20.8 Å². The Morgan fingerprint density at radius 3 is 2.56 bits per heavy atom. The van der Waals surface area contributed by atoms with Gasteiger partial charge in [0.1, 0.15) is 6.33 Å². The second-order valence-electron chi connectivity index (χ2n) is 6.31. The first-order valence-corrected chi connectivity index (χ1v) is 8.17. The number of hydrogen-bond acceptors (Lipinski definition) is 4. The molecule has 0 saturated heterocycles. The van der Waals surface area contributed by atoms with Crippen LogP contribution in [-0.2, 0) is 0 Å². The van der Waals surface area contributed by atoms with Crippen molar-refractivity contribution < 1.29 is 4.79 Å². The van der Waals surface area contributed by atoms with E-state index >= 15 is 0 Å². The number of aromatic nitrogens is 4. The summed E-state index contributed by atoms with van der Waals surface area (Å²) in [6.45, 7) is 8.05. The summed E-state index contributed by atoms with van der Waals surface area (Å²) in [5.74, 6) is -0.0974. The fourth-order valence-corrected chi connectivity index (χ4v) is 2.91. The van der Waals surface area contributed by atoms with Crippen LogP contribution in [-0.4, -0.2) is 26.1 Å². The van der Waals surface area contributed by atoms with Crippen molar-refractivity contribution in [3.05, 3.63) is 70.5 Å². The number of tetrazole rings is 1. The van der Waals surface area contributed by atoms with E-state index in [4.69, 9.17) is 0 Å². The highest BCUT2D eigenvalue weighted by molar-refractivity contribution is 5.95. The zero-order chi connectivity index (χ0) is 18.0. The quantitative estimate of drug-likeness (QED) is 0.795. The molecule has 0 spiro atoms. The first-order valence-electron chi connectivity index (χ1n) is 8.17. The van der Waals surface area contributed by atoms with Gasteiger partial charge in [0, 0.05) is 5.56 Å². The van der Waals surface area contributed by atoms with Gasteiger partial charge in [0.15, 0.2) is 0 Å². The smallest absolute Gasteiger partial charge is 0.251 e. The molecule has 0 bridgehead atoms. The third-order valence-corrected chi connectivity index (χ3v) is 4.30. The Hall–Kier alpha value is -3.02. The van der Waals surface area contributed by atoms with E-state index in [1.807, 2.05) is 26.0 Å². The van der Waals surface area contributed by atoms with E-state index in [2.05, 4.69) is 52.9 Å². The van der Waals surface area contributed by atoms with Gasteiger partial charge in [-0.3, -0.25) is 4.79 Å². The van der Waals surface area contributed by atoms with E-state index in [0.717, 1.165) is 16.8 Å². The van der Waals surface area contributed by atoms with Gasteiger partial charge in [0.25, 0.3) is 5.91 Å². The fraction of sp³-hybridized carbons (Fsp3) is 0.263. The Morgan fingerprint density at radius 2 is 1.88 bits per heavy atom. The third-order valence-electron chi connectivity index (χ3n) is 4.30. The third kappa shape index (κ3) is 3.57. The highest BCUT2D eigenvalue weighted by atomic mass is 16.1. The SMILES string of the molecule is Cc1ccc(C)c(C(C)NC(=O)c2ccc(-n3cnnn3)c(C)c2)c1. The molecule has 1 heterocycles. The number of carbonyl (C=O) groups excluding carboxylic acids is 1. The highest BCUT2D eigenvalue weighted by Gasteiger charge is 2.14. The van der Waals surface area contributed by atoms with Crippen LogP contribution >= 0.6 is 0 Å². The second kappa shape index (κ2) is 6.84. The first kappa shape index (κ1) is 16.8. The van der Waals surface area contributed by atoms with Crippen molar-refractivity contribution in [3.8, 4) is 5.69 Å². The Bertz CT molecular complexity index is 902. The van der Waals surface area contributed by atoms with Crippen LogP contribution < -0.4 is 5.32 Å². The molecule has 128 valence electrons. The van der Waals surface area contributed by atoms with E-state index in [9.17, 15) is 4.79 Å². The maximum Gasteiger partial charge on any atom is 0.251 e. The van der Waals surface area contributed by atoms with Crippen molar-refractivity contribution in [1.82, 2.24) is 25.5 Å². The molecule has 1 N–H and O–H groups in total. The summed E-state index contributed by atoms with van der Waals surface area (Å²) in [6, 6.07) is 11.7. The van der Waals surface area contributed by atoms with Gasteiger partial charge >= 0.3 is 0 Å². The van der Waals surface area contributed by atoms with Gasteiger partial charge in [-0.25, -0.2) is 4.68 Å². The maximum atomic E-state index is 12.6. The summed E-state index contributed by atoms with van der Waals surface area (Å²) in [7, 11) is 0. The lowest BCUT2D eigenvalue weighted by molar-refractivity contribution is 0.0939. The first-order chi connectivity index (χ1) is 12.0. The molecule has 25 heavy (non-hydrogen) atoms. The van der Waals surface area contributed by atoms with Crippen molar-refractivity contribution in [3.63, 3.8) is 0 Å². The van der Waals surface area contributed by atoms with Gasteiger partial charge in [-0.1, -0.05) is 23.8 Å². The number of benzene rings is 2. The number of nitrogens with one attached hydrogen (secondary N) is 1. The predicted molar refractivity (Wildman–Crippen MR) is 95.7 cm³/mol. The molecule has 1 aromatic heterocycles. The van der Waals surface area contributed by atoms with Crippen molar-refractivity contribution in [2.24, 2.45) is 0 Å². The molecule has 3 aromatic rings. The van der Waals surface area contributed by atoms with E-state index < -0.39 is 0 Å². The topological polar surface area (TPSA) is 72.7 Å². The molecule has 6 nitrogen and oxygen atoms in total. The molecule has 0 radical (unpaired) electrons.